The van der Waals surface area contributed by atoms with Crippen LogP contribution in [0.5, 0.6) is 0 Å². The maximum atomic E-state index is 10.8. The minimum Gasteiger partial charge on any atom is -0.383 e. The Morgan fingerprint density at radius 2 is 2.03 bits per heavy atom. The first kappa shape index (κ1) is 30.2. The molecular formula is C31H47N5OS. The molecule has 1 saturated carbocycles. The van der Waals surface area contributed by atoms with Crippen molar-refractivity contribution in [1.29, 1.82) is 0 Å². The van der Waals surface area contributed by atoms with Crippen molar-refractivity contribution in [3.05, 3.63) is 65.2 Å². The van der Waals surface area contributed by atoms with E-state index < -0.39 is 5.72 Å². The number of aryl methyl sites for hydroxylation is 1. The number of thioether (sulfide) groups is 1. The molecule has 0 atom stereocenters. The van der Waals surface area contributed by atoms with E-state index in [0.717, 1.165) is 73.3 Å². The highest BCUT2D eigenvalue weighted by Crippen LogP contribution is 2.28. The lowest BCUT2D eigenvalue weighted by Crippen LogP contribution is -2.45. The lowest BCUT2D eigenvalue weighted by Gasteiger charge is -2.34. The van der Waals surface area contributed by atoms with E-state index in [-0.39, 0.29) is 0 Å². The highest BCUT2D eigenvalue weighted by atomic mass is 32.2. The second kappa shape index (κ2) is 15.3. The van der Waals surface area contributed by atoms with Gasteiger partial charge in [0, 0.05) is 34.8 Å². The van der Waals surface area contributed by atoms with Gasteiger partial charge in [0.1, 0.15) is 11.5 Å². The van der Waals surface area contributed by atoms with E-state index in [9.17, 15) is 5.11 Å². The average Bonchev–Trinajstić information content (AvgIpc) is 2.91. The first-order valence-corrected chi connectivity index (χ1v) is 15.3. The van der Waals surface area contributed by atoms with E-state index in [1.54, 1.807) is 11.8 Å². The molecule has 1 saturated heterocycles. The van der Waals surface area contributed by atoms with E-state index in [2.05, 4.69) is 64.9 Å². The highest BCUT2D eigenvalue weighted by Gasteiger charge is 2.28. The fraction of sp³-hybridized carbons (Fsp3) is 0.548. The number of nitrogens with two attached hydrogens (primary N) is 1. The SMILES string of the molecule is C\C=C(/C=C\C=C(/C)CCc1cc(/C(=C/N=C/C2CCN(C)CC2)SC)cnc1N)NC1(O)CCCCC1. The summed E-state index contributed by atoms with van der Waals surface area (Å²) in [7, 11) is 2.18. The minimum absolute atomic E-state index is 0.561. The van der Waals surface area contributed by atoms with Crippen LogP contribution in [-0.2, 0) is 6.42 Å². The van der Waals surface area contributed by atoms with Crippen molar-refractivity contribution in [3.8, 4) is 0 Å². The summed E-state index contributed by atoms with van der Waals surface area (Å²) in [5.41, 5.74) is 9.81. The number of piperidine rings is 1. The lowest BCUT2D eigenvalue weighted by atomic mass is 9.91. The Morgan fingerprint density at radius 1 is 1.29 bits per heavy atom. The molecule has 208 valence electrons. The van der Waals surface area contributed by atoms with Gasteiger partial charge in [-0.3, -0.25) is 4.99 Å². The number of nitrogen functional groups attached to an aromatic ring is 1. The Labute approximate surface area is 234 Å². The van der Waals surface area contributed by atoms with Gasteiger partial charge in [0.2, 0.25) is 0 Å². The molecule has 1 aliphatic carbocycles. The molecule has 3 rings (SSSR count). The molecule has 0 aromatic carbocycles. The number of aromatic nitrogens is 1. The first-order valence-electron chi connectivity index (χ1n) is 14.0. The third kappa shape index (κ3) is 9.75. The van der Waals surface area contributed by atoms with Crippen LogP contribution < -0.4 is 11.1 Å². The Hall–Kier alpha value is -2.35. The van der Waals surface area contributed by atoms with E-state index >= 15 is 0 Å². The molecule has 1 aromatic rings. The zero-order valence-corrected chi connectivity index (χ0v) is 24.6. The topological polar surface area (TPSA) is 86.8 Å². The van der Waals surface area contributed by atoms with Gasteiger partial charge in [-0.1, -0.05) is 30.2 Å². The molecule has 0 radical (unpaired) electrons. The van der Waals surface area contributed by atoms with Gasteiger partial charge < -0.3 is 21.1 Å². The number of hydrogen-bond donors (Lipinski definition) is 3. The Morgan fingerprint density at radius 3 is 2.71 bits per heavy atom. The van der Waals surface area contributed by atoms with Crippen LogP contribution in [0.4, 0.5) is 5.82 Å². The molecule has 6 nitrogen and oxygen atoms in total. The van der Waals surface area contributed by atoms with Crippen molar-refractivity contribution < 1.29 is 5.11 Å². The van der Waals surface area contributed by atoms with Gasteiger partial charge in [0.15, 0.2) is 0 Å². The van der Waals surface area contributed by atoms with Crippen LogP contribution in [0.1, 0.15) is 76.3 Å². The Bertz CT molecular complexity index is 1040. The van der Waals surface area contributed by atoms with Crippen molar-refractivity contribution in [3.63, 3.8) is 0 Å². The molecule has 1 aliphatic heterocycles. The number of anilines is 1. The zero-order chi connectivity index (χ0) is 27.4. The molecule has 2 heterocycles. The largest absolute Gasteiger partial charge is 0.383 e. The number of likely N-dealkylation sites (tertiary alicyclic amines) is 1. The van der Waals surface area contributed by atoms with Crippen LogP contribution in [0.2, 0.25) is 0 Å². The van der Waals surface area contributed by atoms with Gasteiger partial charge in [-0.15, -0.1) is 11.8 Å². The Balaban J connectivity index is 1.57. The number of pyridine rings is 1. The number of hydrogen-bond acceptors (Lipinski definition) is 7. The molecule has 0 spiro atoms. The normalized spacial score (nSPS) is 20.5. The molecule has 38 heavy (non-hydrogen) atoms. The molecule has 4 N–H and O–H groups in total. The van der Waals surface area contributed by atoms with Crippen LogP contribution in [0.3, 0.4) is 0 Å². The van der Waals surface area contributed by atoms with Gasteiger partial charge in [-0.05, 0) is 115 Å². The average molecular weight is 538 g/mol. The van der Waals surface area contributed by atoms with Crippen molar-refractivity contribution >= 4 is 28.7 Å². The summed E-state index contributed by atoms with van der Waals surface area (Å²) in [6.07, 6.45) is 25.3. The van der Waals surface area contributed by atoms with Crippen molar-refractivity contribution in [1.82, 2.24) is 15.2 Å². The molecule has 2 aliphatic rings. The highest BCUT2D eigenvalue weighted by molar-refractivity contribution is 8.07. The molecule has 0 bridgehead atoms. The molecule has 1 aromatic heterocycles. The molecule has 7 heteroatoms. The monoisotopic (exact) mass is 537 g/mol. The van der Waals surface area contributed by atoms with Gasteiger partial charge >= 0.3 is 0 Å². The second-order valence-electron chi connectivity index (χ2n) is 10.7. The Kier molecular flexibility index (Phi) is 12.2. The van der Waals surface area contributed by atoms with E-state index in [1.165, 1.54) is 24.8 Å². The number of aliphatic hydroxyl groups is 1. The summed E-state index contributed by atoms with van der Waals surface area (Å²) < 4.78 is 0. The third-order valence-electron chi connectivity index (χ3n) is 7.57. The number of nitrogens with zero attached hydrogens (tertiary/aromatic N) is 3. The molecule has 0 amide bonds. The summed E-state index contributed by atoms with van der Waals surface area (Å²) in [5.74, 6) is 1.15. The van der Waals surface area contributed by atoms with Crippen molar-refractivity contribution in [2.45, 2.75) is 77.4 Å². The van der Waals surface area contributed by atoms with Gasteiger partial charge in [0.05, 0.1) is 0 Å². The third-order valence-corrected chi connectivity index (χ3v) is 8.35. The van der Waals surface area contributed by atoms with Crippen LogP contribution >= 0.6 is 11.8 Å². The zero-order valence-electron chi connectivity index (χ0n) is 23.7. The summed E-state index contributed by atoms with van der Waals surface area (Å²) in [6.45, 7) is 6.42. The molecule has 0 unspecified atom stereocenters. The number of rotatable bonds is 11. The molecule has 2 fully saturated rings. The maximum absolute atomic E-state index is 10.8. The molecular weight excluding hydrogens is 490 g/mol. The number of allylic oxidation sites excluding steroid dienone is 5. The predicted molar refractivity (Wildman–Crippen MR) is 165 cm³/mol. The van der Waals surface area contributed by atoms with Gasteiger partial charge in [0.25, 0.3) is 0 Å². The van der Waals surface area contributed by atoms with Crippen LogP contribution in [0, 0.1) is 5.92 Å². The van der Waals surface area contributed by atoms with E-state index in [0.29, 0.717) is 11.7 Å². The quantitative estimate of drug-likeness (QED) is 0.174. The van der Waals surface area contributed by atoms with Crippen molar-refractivity contribution in [2.75, 3.05) is 32.1 Å². The van der Waals surface area contributed by atoms with Gasteiger partial charge in [-0.25, -0.2) is 4.98 Å². The summed E-state index contributed by atoms with van der Waals surface area (Å²) in [5, 5.41) is 14.1. The fourth-order valence-corrected chi connectivity index (χ4v) is 5.50. The number of aliphatic imine (C=N–C) groups is 1. The van der Waals surface area contributed by atoms with Crippen molar-refractivity contribution in [2.24, 2.45) is 10.9 Å². The summed E-state index contributed by atoms with van der Waals surface area (Å²) in [4.78, 5) is 12.6. The summed E-state index contributed by atoms with van der Waals surface area (Å²) in [6, 6.07) is 2.16. The van der Waals surface area contributed by atoms with Crippen LogP contribution in [0.15, 0.2) is 59.0 Å². The first-order chi connectivity index (χ1) is 18.3. The maximum Gasteiger partial charge on any atom is 0.135 e. The predicted octanol–water partition coefficient (Wildman–Crippen LogP) is 6.32. The smallest absolute Gasteiger partial charge is 0.135 e. The fourth-order valence-electron chi connectivity index (χ4n) is 4.98. The van der Waals surface area contributed by atoms with E-state index in [1.807, 2.05) is 31.5 Å². The lowest BCUT2D eigenvalue weighted by molar-refractivity contribution is -0.0180. The minimum atomic E-state index is -0.777. The number of nitrogens with one attached hydrogen (secondary N) is 1. The van der Waals surface area contributed by atoms with E-state index in [4.69, 9.17) is 5.73 Å². The van der Waals surface area contributed by atoms with Crippen LogP contribution in [-0.4, -0.2) is 53.3 Å². The second-order valence-corrected chi connectivity index (χ2v) is 11.6. The van der Waals surface area contributed by atoms with Gasteiger partial charge in [-0.2, -0.15) is 0 Å². The standard InChI is InChI=1S/C31H47N5OS/c1-5-28(35-31(37)16-7-6-8-17-31)11-9-10-24(2)12-13-26-20-27(22-34-30(26)32)29(38-4)23-33-21-25-14-18-36(3)19-15-25/h5,9-11,20-23,25,35,37H,6-8,12-19H2,1-4H3,(H2,32,34)/b11-9-,24-10+,28-5+,29-23-,33-21+. The summed E-state index contributed by atoms with van der Waals surface area (Å²) >= 11 is 1.69. The van der Waals surface area contributed by atoms with Crippen LogP contribution in [0.25, 0.3) is 4.91 Å².